The van der Waals surface area contributed by atoms with E-state index in [9.17, 15) is 14.9 Å². The van der Waals surface area contributed by atoms with Gasteiger partial charge < -0.3 is 14.3 Å². The van der Waals surface area contributed by atoms with Gasteiger partial charge in [-0.1, -0.05) is 5.16 Å². The molecule has 25 heavy (non-hydrogen) atoms. The molecule has 1 aromatic carbocycles. The van der Waals surface area contributed by atoms with Gasteiger partial charge in [0.25, 0.3) is 11.6 Å². The van der Waals surface area contributed by atoms with E-state index in [4.69, 9.17) is 4.52 Å². The van der Waals surface area contributed by atoms with Crippen molar-refractivity contribution in [1.29, 1.82) is 0 Å². The number of amides is 1. The topological polar surface area (TPSA) is 106 Å². The fourth-order valence-corrected chi connectivity index (χ4v) is 2.89. The number of hydrogen-bond donors (Lipinski definition) is 0. The molecule has 0 N–H and O–H groups in total. The number of aryl methyl sites for hydroxylation is 1. The van der Waals surface area contributed by atoms with Crippen molar-refractivity contribution >= 4 is 17.3 Å². The van der Waals surface area contributed by atoms with E-state index >= 15 is 0 Å². The third kappa shape index (κ3) is 3.59. The first-order chi connectivity index (χ1) is 12.0. The predicted octanol–water partition coefficient (Wildman–Crippen LogP) is 2.16. The largest absolute Gasteiger partial charge is 0.367 e. The van der Waals surface area contributed by atoms with Gasteiger partial charge in [0.2, 0.25) is 5.89 Å². The summed E-state index contributed by atoms with van der Waals surface area (Å²) in [6.07, 6.45) is 1.85. The summed E-state index contributed by atoms with van der Waals surface area (Å²) in [5.74, 6) is 0.678. The Bertz CT molecular complexity index is 798. The van der Waals surface area contributed by atoms with Crippen molar-refractivity contribution in [1.82, 2.24) is 15.0 Å². The maximum absolute atomic E-state index is 12.7. The number of anilines is 1. The van der Waals surface area contributed by atoms with Crippen LogP contribution in [0.15, 0.2) is 22.7 Å². The Morgan fingerprint density at radius 1 is 1.40 bits per heavy atom. The minimum absolute atomic E-state index is 0.112. The standard InChI is InChI=1S/C16H19N5O4/c1-11-17-15(18-25-11)10-19(2)12-5-6-14(21(23)24)13(9-12)16(22)20-7-3-4-8-20/h5-6,9H,3-4,7-8,10H2,1-2H3. The fraction of sp³-hybridized carbons (Fsp3) is 0.438. The average molecular weight is 345 g/mol. The molecule has 2 heterocycles. The molecule has 0 spiro atoms. The molecule has 0 bridgehead atoms. The Morgan fingerprint density at radius 2 is 2.12 bits per heavy atom. The van der Waals surface area contributed by atoms with Gasteiger partial charge in [-0.25, -0.2) is 0 Å². The summed E-state index contributed by atoms with van der Waals surface area (Å²) >= 11 is 0. The van der Waals surface area contributed by atoms with Crippen LogP contribution in [0.25, 0.3) is 0 Å². The molecular weight excluding hydrogens is 326 g/mol. The molecule has 9 heteroatoms. The van der Waals surface area contributed by atoms with Crippen molar-refractivity contribution in [2.75, 3.05) is 25.0 Å². The normalized spacial score (nSPS) is 13.9. The molecule has 9 nitrogen and oxygen atoms in total. The first-order valence-electron chi connectivity index (χ1n) is 8.04. The number of rotatable bonds is 5. The van der Waals surface area contributed by atoms with Crippen LogP contribution in [0.1, 0.15) is 34.9 Å². The number of nitro groups is 1. The van der Waals surface area contributed by atoms with E-state index in [0.29, 0.717) is 37.0 Å². The van der Waals surface area contributed by atoms with E-state index < -0.39 is 4.92 Å². The molecule has 0 saturated carbocycles. The molecule has 1 amide bonds. The summed E-state index contributed by atoms with van der Waals surface area (Å²) < 4.78 is 4.94. The number of nitro benzene ring substituents is 1. The lowest BCUT2D eigenvalue weighted by Gasteiger charge is -2.20. The van der Waals surface area contributed by atoms with E-state index in [-0.39, 0.29) is 17.2 Å². The van der Waals surface area contributed by atoms with Gasteiger partial charge in [0.1, 0.15) is 5.56 Å². The zero-order valence-corrected chi connectivity index (χ0v) is 14.1. The molecule has 1 aliphatic rings. The van der Waals surface area contributed by atoms with Crippen LogP contribution in [-0.2, 0) is 6.54 Å². The average Bonchev–Trinajstić information content (AvgIpc) is 3.25. The van der Waals surface area contributed by atoms with Crippen LogP contribution >= 0.6 is 0 Å². The van der Waals surface area contributed by atoms with Crippen LogP contribution in [0.2, 0.25) is 0 Å². The summed E-state index contributed by atoms with van der Waals surface area (Å²) in [5.41, 5.74) is 0.612. The van der Waals surface area contributed by atoms with Crippen LogP contribution in [0.3, 0.4) is 0 Å². The number of carbonyl (C=O) groups excluding carboxylic acids is 1. The van der Waals surface area contributed by atoms with Crippen molar-refractivity contribution in [3.8, 4) is 0 Å². The van der Waals surface area contributed by atoms with Gasteiger partial charge in [-0.05, 0) is 25.0 Å². The van der Waals surface area contributed by atoms with Crippen molar-refractivity contribution in [3.63, 3.8) is 0 Å². The smallest absolute Gasteiger partial charge is 0.282 e. The third-order valence-electron chi connectivity index (χ3n) is 4.19. The highest BCUT2D eigenvalue weighted by Crippen LogP contribution is 2.27. The lowest BCUT2D eigenvalue weighted by Crippen LogP contribution is -2.28. The summed E-state index contributed by atoms with van der Waals surface area (Å²) in [5, 5.41) is 15.1. The molecule has 0 aliphatic carbocycles. The van der Waals surface area contributed by atoms with Gasteiger partial charge in [0.15, 0.2) is 5.82 Å². The van der Waals surface area contributed by atoms with Crippen LogP contribution in [-0.4, -0.2) is 46.0 Å². The Balaban J connectivity index is 1.88. The zero-order chi connectivity index (χ0) is 18.0. The molecule has 1 aromatic heterocycles. The van der Waals surface area contributed by atoms with Crippen LogP contribution in [0.4, 0.5) is 11.4 Å². The lowest BCUT2D eigenvalue weighted by molar-refractivity contribution is -0.385. The minimum Gasteiger partial charge on any atom is -0.367 e. The highest BCUT2D eigenvalue weighted by Gasteiger charge is 2.27. The first kappa shape index (κ1) is 16.9. The lowest BCUT2D eigenvalue weighted by atomic mass is 10.1. The second kappa shape index (κ2) is 6.88. The Hall–Kier alpha value is -2.97. The minimum atomic E-state index is -0.518. The van der Waals surface area contributed by atoms with Gasteiger partial charge >= 0.3 is 0 Å². The van der Waals surface area contributed by atoms with E-state index in [1.54, 1.807) is 31.0 Å². The third-order valence-corrected chi connectivity index (χ3v) is 4.19. The zero-order valence-electron chi connectivity index (χ0n) is 14.1. The second-order valence-electron chi connectivity index (χ2n) is 6.04. The maximum atomic E-state index is 12.7. The van der Waals surface area contributed by atoms with Crippen molar-refractivity contribution in [3.05, 3.63) is 45.6 Å². The summed E-state index contributed by atoms with van der Waals surface area (Å²) in [7, 11) is 1.80. The summed E-state index contributed by atoms with van der Waals surface area (Å²) in [4.78, 5) is 31.1. The monoisotopic (exact) mass is 345 g/mol. The molecule has 0 radical (unpaired) electrons. The molecule has 1 fully saturated rings. The van der Waals surface area contributed by atoms with Crippen LogP contribution in [0, 0.1) is 17.0 Å². The number of benzene rings is 1. The molecule has 0 atom stereocenters. The molecule has 1 aliphatic heterocycles. The molecule has 0 unspecified atom stereocenters. The van der Waals surface area contributed by atoms with Crippen molar-refractivity contribution < 1.29 is 14.2 Å². The summed E-state index contributed by atoms with van der Waals surface area (Å²) in [6, 6.07) is 4.55. The second-order valence-corrected chi connectivity index (χ2v) is 6.04. The maximum Gasteiger partial charge on any atom is 0.282 e. The van der Waals surface area contributed by atoms with Crippen LogP contribution < -0.4 is 4.90 Å². The Kier molecular flexibility index (Phi) is 4.64. The van der Waals surface area contributed by atoms with Crippen molar-refractivity contribution in [2.45, 2.75) is 26.3 Å². The van der Waals surface area contributed by atoms with E-state index in [0.717, 1.165) is 12.8 Å². The SMILES string of the molecule is Cc1nc(CN(C)c2ccc([N+](=O)[O-])c(C(=O)N3CCCC3)c2)no1. The van der Waals surface area contributed by atoms with E-state index in [1.165, 1.54) is 6.07 Å². The number of aromatic nitrogens is 2. The molecule has 132 valence electrons. The van der Waals surface area contributed by atoms with E-state index in [2.05, 4.69) is 10.1 Å². The Labute approximate surface area is 144 Å². The number of carbonyl (C=O) groups is 1. The van der Waals surface area contributed by atoms with Crippen molar-refractivity contribution in [2.24, 2.45) is 0 Å². The quantitative estimate of drug-likeness (QED) is 0.604. The number of likely N-dealkylation sites (tertiary alicyclic amines) is 1. The number of nitrogens with zero attached hydrogens (tertiary/aromatic N) is 5. The van der Waals surface area contributed by atoms with Gasteiger partial charge in [-0.3, -0.25) is 14.9 Å². The van der Waals surface area contributed by atoms with Gasteiger partial charge in [0, 0.05) is 38.8 Å². The molecule has 3 rings (SSSR count). The first-order valence-corrected chi connectivity index (χ1v) is 8.04. The van der Waals surface area contributed by atoms with Gasteiger partial charge in [-0.2, -0.15) is 4.98 Å². The Morgan fingerprint density at radius 3 is 2.72 bits per heavy atom. The molecule has 2 aromatic rings. The highest BCUT2D eigenvalue weighted by molar-refractivity contribution is 5.99. The number of hydrogen-bond acceptors (Lipinski definition) is 7. The van der Waals surface area contributed by atoms with Gasteiger partial charge in [0.05, 0.1) is 11.5 Å². The molecular formula is C16H19N5O4. The fourth-order valence-electron chi connectivity index (χ4n) is 2.89. The van der Waals surface area contributed by atoms with Gasteiger partial charge in [-0.15, -0.1) is 0 Å². The van der Waals surface area contributed by atoms with Crippen LogP contribution in [0.5, 0.6) is 0 Å². The van der Waals surface area contributed by atoms with E-state index in [1.807, 2.05) is 4.90 Å². The summed E-state index contributed by atoms with van der Waals surface area (Å²) in [6.45, 7) is 3.35. The highest BCUT2D eigenvalue weighted by atomic mass is 16.6. The molecule has 1 saturated heterocycles. The predicted molar refractivity (Wildman–Crippen MR) is 89.4 cm³/mol.